The first kappa shape index (κ1) is 10.3. The summed E-state index contributed by atoms with van der Waals surface area (Å²) in [5.41, 5.74) is 5.59. The molecule has 0 saturated heterocycles. The molecule has 2 rings (SSSR count). The van der Waals surface area contributed by atoms with Crippen LogP contribution in [0.4, 0.5) is 11.8 Å². The fourth-order valence-corrected chi connectivity index (χ4v) is 2.77. The highest BCUT2D eigenvalue weighted by molar-refractivity contribution is 8.01. The molecule has 2 aromatic rings. The van der Waals surface area contributed by atoms with Crippen LogP contribution in [0.2, 0.25) is 0 Å². The van der Waals surface area contributed by atoms with Gasteiger partial charge in [-0.15, -0.1) is 11.3 Å². The van der Waals surface area contributed by atoms with Gasteiger partial charge in [-0.05, 0) is 11.4 Å². The number of rotatable bonds is 3. The van der Waals surface area contributed by atoms with Crippen molar-refractivity contribution in [2.24, 2.45) is 0 Å². The quantitative estimate of drug-likeness (QED) is 0.803. The molecule has 0 radical (unpaired) electrons. The van der Waals surface area contributed by atoms with Crippen LogP contribution in [0.1, 0.15) is 0 Å². The zero-order chi connectivity index (χ0) is 10.7. The highest BCUT2D eigenvalue weighted by atomic mass is 32.2. The van der Waals surface area contributed by atoms with E-state index in [-0.39, 0.29) is 0 Å². The van der Waals surface area contributed by atoms with E-state index >= 15 is 0 Å². The van der Waals surface area contributed by atoms with E-state index in [4.69, 9.17) is 5.73 Å². The highest BCUT2D eigenvalue weighted by Gasteiger charge is 2.03. The number of thiophene rings is 1. The molecule has 0 aromatic carbocycles. The minimum Gasteiger partial charge on any atom is -0.373 e. The summed E-state index contributed by atoms with van der Waals surface area (Å²) in [5.74, 6) is 1.03. The third-order valence-electron chi connectivity index (χ3n) is 1.68. The molecule has 0 amide bonds. The summed E-state index contributed by atoms with van der Waals surface area (Å²) >= 11 is 3.26. The number of nitrogens with zero attached hydrogens (tertiary/aromatic N) is 2. The van der Waals surface area contributed by atoms with Gasteiger partial charge < -0.3 is 11.1 Å². The van der Waals surface area contributed by atoms with Crippen molar-refractivity contribution < 1.29 is 0 Å². The smallest absolute Gasteiger partial charge is 0.223 e. The van der Waals surface area contributed by atoms with E-state index < -0.39 is 0 Å². The van der Waals surface area contributed by atoms with Crippen LogP contribution in [-0.2, 0) is 0 Å². The molecular formula is C9H10N4S2. The molecule has 4 nitrogen and oxygen atoms in total. The van der Waals surface area contributed by atoms with Gasteiger partial charge in [-0.3, -0.25) is 0 Å². The topological polar surface area (TPSA) is 63.8 Å². The number of hydrogen-bond acceptors (Lipinski definition) is 6. The van der Waals surface area contributed by atoms with Gasteiger partial charge >= 0.3 is 0 Å². The second-order valence-electron chi connectivity index (χ2n) is 2.73. The van der Waals surface area contributed by atoms with Gasteiger partial charge in [-0.2, -0.15) is 4.98 Å². The molecule has 3 N–H and O–H groups in total. The first-order chi connectivity index (χ1) is 7.28. The molecule has 0 aliphatic heterocycles. The molecule has 0 unspecified atom stereocenters. The third-order valence-corrected chi connectivity index (χ3v) is 3.63. The van der Waals surface area contributed by atoms with Crippen LogP contribution in [0.15, 0.2) is 32.8 Å². The predicted octanol–water partition coefficient (Wildman–Crippen LogP) is 2.31. The van der Waals surface area contributed by atoms with Gasteiger partial charge in [0, 0.05) is 13.1 Å². The minimum atomic E-state index is 0.293. The Hall–Kier alpha value is -1.27. The summed E-state index contributed by atoms with van der Waals surface area (Å²) in [6.45, 7) is 0. The van der Waals surface area contributed by atoms with Crippen LogP contribution in [0.5, 0.6) is 0 Å². The SMILES string of the molecule is CNc1cc(Sc2cccs2)nc(N)n1. The van der Waals surface area contributed by atoms with E-state index in [0.717, 1.165) is 10.8 Å². The van der Waals surface area contributed by atoms with Crippen LogP contribution in [-0.4, -0.2) is 17.0 Å². The Morgan fingerprint density at radius 2 is 2.33 bits per heavy atom. The average Bonchev–Trinajstić information content (AvgIpc) is 2.69. The summed E-state index contributed by atoms with van der Waals surface area (Å²) in [5, 5.41) is 5.84. The molecule has 0 spiro atoms. The van der Waals surface area contributed by atoms with Gasteiger partial charge in [0.2, 0.25) is 5.95 Å². The standard InChI is InChI=1S/C9H10N4S2/c1-11-6-5-7(13-9(10)12-6)15-8-3-2-4-14-8/h2-5H,1H3,(H3,10,11,12,13). The van der Waals surface area contributed by atoms with Crippen molar-refractivity contribution in [3.63, 3.8) is 0 Å². The fraction of sp³-hybridized carbons (Fsp3) is 0.111. The van der Waals surface area contributed by atoms with Gasteiger partial charge in [0.15, 0.2) is 0 Å². The molecule has 0 saturated carbocycles. The predicted molar refractivity (Wildman–Crippen MR) is 64.4 cm³/mol. The summed E-state index contributed by atoms with van der Waals surface area (Å²) < 4.78 is 1.19. The summed E-state index contributed by atoms with van der Waals surface area (Å²) in [6.07, 6.45) is 0. The molecule has 0 fully saturated rings. The molecule has 6 heteroatoms. The summed E-state index contributed by atoms with van der Waals surface area (Å²) in [4.78, 5) is 8.18. The number of anilines is 2. The second-order valence-corrected chi connectivity index (χ2v) is 5.00. The largest absolute Gasteiger partial charge is 0.373 e. The van der Waals surface area contributed by atoms with Gasteiger partial charge in [0.05, 0.1) is 4.21 Å². The van der Waals surface area contributed by atoms with Crippen LogP contribution in [0.3, 0.4) is 0 Å². The average molecular weight is 238 g/mol. The molecule has 0 aliphatic carbocycles. The highest BCUT2D eigenvalue weighted by Crippen LogP contribution is 2.30. The van der Waals surface area contributed by atoms with E-state index in [2.05, 4.69) is 15.3 Å². The number of nitrogen functional groups attached to an aromatic ring is 1. The lowest BCUT2D eigenvalue weighted by Crippen LogP contribution is -2.00. The number of aromatic nitrogens is 2. The maximum atomic E-state index is 5.59. The van der Waals surface area contributed by atoms with E-state index in [1.54, 1.807) is 30.1 Å². The van der Waals surface area contributed by atoms with E-state index in [1.807, 2.05) is 23.6 Å². The van der Waals surface area contributed by atoms with Crippen LogP contribution < -0.4 is 11.1 Å². The molecule has 2 heterocycles. The Labute approximate surface area is 95.9 Å². The van der Waals surface area contributed by atoms with Crippen LogP contribution >= 0.6 is 23.1 Å². The first-order valence-electron chi connectivity index (χ1n) is 4.31. The second kappa shape index (κ2) is 4.50. The molecule has 0 atom stereocenters. The van der Waals surface area contributed by atoms with Crippen molar-refractivity contribution in [1.29, 1.82) is 0 Å². The van der Waals surface area contributed by atoms with Crippen molar-refractivity contribution in [2.75, 3.05) is 18.1 Å². The third kappa shape index (κ3) is 2.60. The van der Waals surface area contributed by atoms with Gasteiger partial charge in [-0.1, -0.05) is 17.8 Å². The number of nitrogens with one attached hydrogen (secondary N) is 1. The summed E-state index contributed by atoms with van der Waals surface area (Å²) in [6, 6.07) is 5.93. The molecular weight excluding hydrogens is 228 g/mol. The maximum absolute atomic E-state index is 5.59. The first-order valence-corrected chi connectivity index (χ1v) is 6.01. The minimum absolute atomic E-state index is 0.293. The maximum Gasteiger partial charge on any atom is 0.223 e. The van der Waals surface area contributed by atoms with Crippen molar-refractivity contribution in [2.45, 2.75) is 9.24 Å². The van der Waals surface area contributed by atoms with Gasteiger partial charge in [0.1, 0.15) is 10.8 Å². The van der Waals surface area contributed by atoms with Crippen molar-refractivity contribution in [1.82, 2.24) is 9.97 Å². The van der Waals surface area contributed by atoms with E-state index in [9.17, 15) is 0 Å². The number of nitrogens with two attached hydrogens (primary N) is 1. The monoisotopic (exact) mass is 238 g/mol. The van der Waals surface area contributed by atoms with Crippen LogP contribution in [0, 0.1) is 0 Å². The summed E-state index contributed by atoms with van der Waals surface area (Å²) in [7, 11) is 1.81. The van der Waals surface area contributed by atoms with Crippen molar-refractivity contribution in [3.05, 3.63) is 23.6 Å². The van der Waals surface area contributed by atoms with Gasteiger partial charge in [-0.25, -0.2) is 4.98 Å². The van der Waals surface area contributed by atoms with E-state index in [1.165, 1.54) is 4.21 Å². The molecule has 0 aliphatic rings. The Balaban J connectivity index is 2.24. The van der Waals surface area contributed by atoms with Crippen LogP contribution in [0.25, 0.3) is 0 Å². The lowest BCUT2D eigenvalue weighted by molar-refractivity contribution is 1.06. The Bertz CT molecular complexity index is 441. The number of hydrogen-bond donors (Lipinski definition) is 2. The van der Waals surface area contributed by atoms with Gasteiger partial charge in [0.25, 0.3) is 0 Å². The normalized spacial score (nSPS) is 10.2. The van der Waals surface area contributed by atoms with E-state index in [0.29, 0.717) is 5.95 Å². The van der Waals surface area contributed by atoms with Crippen molar-refractivity contribution in [3.8, 4) is 0 Å². The zero-order valence-electron chi connectivity index (χ0n) is 8.10. The van der Waals surface area contributed by atoms with Crippen molar-refractivity contribution >= 4 is 34.9 Å². The Kier molecular flexibility index (Phi) is 3.08. The molecule has 2 aromatic heterocycles. The molecule has 78 valence electrons. The molecule has 0 bridgehead atoms. The lowest BCUT2D eigenvalue weighted by Gasteiger charge is -2.03. The zero-order valence-corrected chi connectivity index (χ0v) is 9.73. The fourth-order valence-electron chi connectivity index (χ4n) is 1.05. The lowest BCUT2D eigenvalue weighted by atomic mass is 10.6. The Morgan fingerprint density at radius 3 is 3.00 bits per heavy atom. The Morgan fingerprint density at radius 1 is 1.47 bits per heavy atom. The molecule has 15 heavy (non-hydrogen) atoms.